The molecule has 0 radical (unpaired) electrons. The van der Waals surface area contributed by atoms with Gasteiger partial charge in [-0.3, -0.25) is 14.5 Å². The molecule has 2 aliphatic heterocycles. The summed E-state index contributed by atoms with van der Waals surface area (Å²) < 4.78 is 73.2. The number of carbonyl (C=O) groups is 2. The molecule has 0 bridgehead atoms. The van der Waals surface area contributed by atoms with Gasteiger partial charge in [0.1, 0.15) is 24.0 Å². The van der Waals surface area contributed by atoms with Crippen molar-refractivity contribution in [3.05, 3.63) is 77.4 Å². The van der Waals surface area contributed by atoms with Crippen LogP contribution in [0.5, 0.6) is 5.75 Å². The molecular formula is C36H42F4N2O6. The normalized spacial score (nSPS) is 21.8. The summed E-state index contributed by atoms with van der Waals surface area (Å²) in [6.07, 6.45) is 2.16. The monoisotopic (exact) mass is 674 g/mol. The summed E-state index contributed by atoms with van der Waals surface area (Å²) in [5, 5.41) is 15.9. The summed E-state index contributed by atoms with van der Waals surface area (Å²) in [6.45, 7) is 5.10. The highest BCUT2D eigenvalue weighted by Gasteiger charge is 2.48. The van der Waals surface area contributed by atoms with E-state index in [1.807, 2.05) is 42.5 Å². The number of fused-ring (bicyclic) bond motifs is 1. The van der Waals surface area contributed by atoms with Crippen LogP contribution < -0.4 is 10.1 Å². The van der Waals surface area contributed by atoms with Gasteiger partial charge in [-0.05, 0) is 63.6 Å². The fraction of sp³-hybridized carbons (Fsp3) is 0.500. The van der Waals surface area contributed by atoms with Gasteiger partial charge in [-0.1, -0.05) is 48.9 Å². The second-order valence-electron chi connectivity index (χ2n) is 13.4. The lowest BCUT2D eigenvalue weighted by Gasteiger charge is -2.51. The molecule has 0 aromatic heterocycles. The van der Waals surface area contributed by atoms with E-state index in [0.29, 0.717) is 26.0 Å². The van der Waals surface area contributed by atoms with Gasteiger partial charge in [-0.2, -0.15) is 8.78 Å². The highest BCUT2D eigenvalue weighted by atomic mass is 19.2. The van der Waals surface area contributed by atoms with E-state index in [4.69, 9.17) is 14.2 Å². The first-order valence-electron chi connectivity index (χ1n) is 16.4. The molecule has 4 atom stereocenters. The van der Waals surface area contributed by atoms with Crippen molar-refractivity contribution in [2.45, 2.75) is 95.2 Å². The topological polar surface area (TPSA) is 97.3 Å². The van der Waals surface area contributed by atoms with Crippen molar-refractivity contribution in [1.82, 2.24) is 10.2 Å². The van der Waals surface area contributed by atoms with E-state index >= 15 is 0 Å². The van der Waals surface area contributed by atoms with E-state index in [1.54, 1.807) is 20.8 Å². The lowest BCUT2D eigenvalue weighted by Crippen LogP contribution is -2.62. The zero-order valence-corrected chi connectivity index (χ0v) is 27.4. The van der Waals surface area contributed by atoms with Crippen LogP contribution in [0.2, 0.25) is 0 Å². The first-order chi connectivity index (χ1) is 22.8. The lowest BCUT2D eigenvalue weighted by atomic mass is 9.85. The Kier molecular flexibility index (Phi) is 11.0. The quantitative estimate of drug-likeness (QED) is 0.149. The minimum absolute atomic E-state index is 0.0382. The molecule has 8 nitrogen and oxygen atoms in total. The Hall–Kier alpha value is -3.74. The Labute approximate surface area is 277 Å². The highest BCUT2D eigenvalue weighted by Crippen LogP contribution is 2.44. The van der Waals surface area contributed by atoms with Crippen molar-refractivity contribution in [1.29, 1.82) is 0 Å². The van der Waals surface area contributed by atoms with Gasteiger partial charge in [-0.25, -0.2) is 8.78 Å². The Morgan fingerprint density at radius 2 is 1.73 bits per heavy atom. The van der Waals surface area contributed by atoms with Gasteiger partial charge in [-0.15, -0.1) is 0 Å². The predicted octanol–water partition coefficient (Wildman–Crippen LogP) is 6.26. The van der Waals surface area contributed by atoms with Gasteiger partial charge in [0, 0.05) is 24.8 Å². The van der Waals surface area contributed by atoms with Crippen LogP contribution in [-0.2, 0) is 24.8 Å². The molecule has 0 saturated carbocycles. The number of nitrogens with zero attached hydrogens (tertiary/aromatic N) is 1. The third-order valence-corrected chi connectivity index (χ3v) is 8.80. The Bertz CT molecular complexity index is 1590. The molecule has 0 aliphatic carbocycles. The van der Waals surface area contributed by atoms with Crippen LogP contribution in [0.25, 0.3) is 10.8 Å². The summed E-state index contributed by atoms with van der Waals surface area (Å²) in [6, 6.07) is 12.0. The molecule has 5 rings (SSSR count). The van der Waals surface area contributed by atoms with Gasteiger partial charge >= 0.3 is 5.97 Å². The number of likely N-dealkylation sites (tertiary alicyclic amines) is 1. The van der Waals surface area contributed by atoms with Crippen LogP contribution in [0.3, 0.4) is 0 Å². The molecule has 2 saturated heterocycles. The number of nitrogens with one attached hydrogen (secondary N) is 1. The number of hydrogen-bond acceptors (Lipinski definition) is 7. The molecular weight excluding hydrogens is 632 g/mol. The molecule has 260 valence electrons. The zero-order chi connectivity index (χ0) is 34.6. The average molecular weight is 675 g/mol. The van der Waals surface area contributed by atoms with E-state index < -0.39 is 83.4 Å². The van der Waals surface area contributed by atoms with Crippen LogP contribution in [0.1, 0.15) is 71.3 Å². The number of benzene rings is 3. The first-order valence-corrected chi connectivity index (χ1v) is 16.4. The molecule has 2 fully saturated rings. The number of halogens is 4. The van der Waals surface area contributed by atoms with E-state index in [9.17, 15) is 32.3 Å². The zero-order valence-electron chi connectivity index (χ0n) is 27.4. The maximum Gasteiger partial charge on any atom is 0.308 e. The number of ether oxygens (including phenoxy) is 3. The van der Waals surface area contributed by atoms with Crippen molar-refractivity contribution < 1.29 is 46.5 Å². The van der Waals surface area contributed by atoms with Crippen LogP contribution in [0.15, 0.2) is 48.5 Å². The largest absolute Gasteiger partial charge is 0.485 e. The molecule has 2 aliphatic rings. The number of esters is 1. The second-order valence-corrected chi connectivity index (χ2v) is 13.4. The molecule has 48 heavy (non-hydrogen) atoms. The fourth-order valence-corrected chi connectivity index (χ4v) is 6.66. The predicted molar refractivity (Wildman–Crippen MR) is 170 cm³/mol. The summed E-state index contributed by atoms with van der Waals surface area (Å²) in [4.78, 5) is 29.2. The number of amides is 1. The molecule has 2 heterocycles. The molecule has 0 spiro atoms. The lowest BCUT2D eigenvalue weighted by molar-refractivity contribution is -0.209. The van der Waals surface area contributed by atoms with Crippen LogP contribution in [0, 0.1) is 23.3 Å². The number of aliphatic hydroxyl groups is 1. The second kappa shape index (κ2) is 14.8. The molecule has 3 aromatic carbocycles. The summed E-state index contributed by atoms with van der Waals surface area (Å²) in [5.41, 5.74) is -0.854. The van der Waals surface area contributed by atoms with Crippen LogP contribution >= 0.6 is 0 Å². The molecule has 1 amide bonds. The van der Waals surface area contributed by atoms with Gasteiger partial charge in [0.05, 0.1) is 18.5 Å². The number of aliphatic hydroxyl groups excluding tert-OH is 1. The SMILES string of the molecule is CC(C)(C)OC(=O)C[C@H](NC(=O)[C@@H]1CCCCN1C1(c2cccc3ccccc23)CCCCO1)C(O)COc1c(F)c(F)cc(F)c1F. The summed E-state index contributed by atoms with van der Waals surface area (Å²) in [7, 11) is 0. The minimum Gasteiger partial charge on any atom is -0.485 e. The average Bonchev–Trinajstić information content (AvgIpc) is 3.06. The van der Waals surface area contributed by atoms with Gasteiger partial charge in [0.25, 0.3) is 0 Å². The maximum absolute atomic E-state index is 14.3. The number of piperidine rings is 1. The third kappa shape index (κ3) is 7.76. The molecule has 2 unspecified atom stereocenters. The summed E-state index contributed by atoms with van der Waals surface area (Å²) >= 11 is 0. The van der Waals surface area contributed by atoms with Crippen molar-refractivity contribution in [3.8, 4) is 5.75 Å². The van der Waals surface area contributed by atoms with Gasteiger partial charge in [0.15, 0.2) is 17.4 Å². The van der Waals surface area contributed by atoms with E-state index in [1.165, 1.54) is 0 Å². The Morgan fingerprint density at radius 1 is 1.02 bits per heavy atom. The van der Waals surface area contributed by atoms with Crippen molar-refractivity contribution in [3.63, 3.8) is 0 Å². The fourth-order valence-electron chi connectivity index (χ4n) is 6.66. The minimum atomic E-state index is -1.78. The molecule has 12 heteroatoms. The molecule has 3 aromatic rings. The van der Waals surface area contributed by atoms with Crippen LogP contribution in [-0.4, -0.2) is 65.4 Å². The Balaban J connectivity index is 1.43. The smallest absolute Gasteiger partial charge is 0.308 e. The first kappa shape index (κ1) is 35.6. The maximum atomic E-state index is 14.3. The van der Waals surface area contributed by atoms with Gasteiger partial charge in [0.2, 0.25) is 17.5 Å². The van der Waals surface area contributed by atoms with Crippen LogP contribution in [0.4, 0.5) is 17.6 Å². The standard InChI is InChI=1S/C36H42F4N2O6/c1-35(2,3)48-30(44)20-27(29(43)21-46-33-31(39)25(37)19-26(38)32(33)40)41-34(45)28-15-6-8-17-42(28)36(16-7-9-18-47-36)24-14-10-12-22-11-4-5-13-23(22)24/h4-5,10-14,19,27-29,43H,6-9,15-18,20-21H2,1-3H3,(H,41,45)/t27-,28-,29?,36?/m0/s1. The van der Waals surface area contributed by atoms with Gasteiger partial charge < -0.3 is 24.6 Å². The number of rotatable bonds is 10. The number of hydrogen-bond donors (Lipinski definition) is 2. The van der Waals surface area contributed by atoms with Crippen molar-refractivity contribution >= 4 is 22.6 Å². The van der Waals surface area contributed by atoms with E-state index in [0.717, 1.165) is 42.0 Å². The number of carbonyl (C=O) groups excluding carboxylic acids is 2. The van der Waals surface area contributed by atoms with E-state index in [2.05, 4.69) is 10.2 Å². The Morgan fingerprint density at radius 3 is 2.42 bits per heavy atom. The highest BCUT2D eigenvalue weighted by molar-refractivity contribution is 5.87. The van der Waals surface area contributed by atoms with Crippen molar-refractivity contribution in [2.75, 3.05) is 19.8 Å². The third-order valence-electron chi connectivity index (χ3n) is 8.80. The summed E-state index contributed by atoms with van der Waals surface area (Å²) in [5.74, 6) is -9.54. The van der Waals surface area contributed by atoms with Crippen molar-refractivity contribution in [2.24, 2.45) is 0 Å². The van der Waals surface area contributed by atoms with E-state index in [-0.39, 0.29) is 6.07 Å². The molecule has 2 N–H and O–H groups in total.